The Hall–Kier alpha value is -2.72. The first kappa shape index (κ1) is 18.1. The molecule has 3 rings (SSSR count). The van der Waals surface area contributed by atoms with Gasteiger partial charge in [0.2, 0.25) is 0 Å². The Morgan fingerprint density at radius 3 is 2.38 bits per heavy atom. The van der Waals surface area contributed by atoms with Crippen molar-refractivity contribution in [1.82, 2.24) is 5.32 Å². The van der Waals surface area contributed by atoms with Gasteiger partial charge in [0.1, 0.15) is 12.4 Å². The van der Waals surface area contributed by atoms with Crippen LogP contribution in [0.25, 0.3) is 0 Å². The van der Waals surface area contributed by atoms with E-state index in [0.717, 1.165) is 22.9 Å². The van der Waals surface area contributed by atoms with E-state index < -0.39 is 11.6 Å². The maximum absolute atomic E-state index is 13.4. The molecule has 0 aliphatic carbocycles. The van der Waals surface area contributed by atoms with Crippen LogP contribution in [0.3, 0.4) is 0 Å². The number of nitrogens with one attached hydrogen (secondary N) is 1. The summed E-state index contributed by atoms with van der Waals surface area (Å²) in [6.07, 6.45) is 0. The number of hydrogen-bond acceptors (Lipinski definition) is 2. The third kappa shape index (κ3) is 4.67. The van der Waals surface area contributed by atoms with Crippen LogP contribution in [0.2, 0.25) is 0 Å². The van der Waals surface area contributed by atoms with E-state index in [4.69, 9.17) is 4.74 Å². The van der Waals surface area contributed by atoms with Crippen molar-refractivity contribution in [2.75, 3.05) is 0 Å². The van der Waals surface area contributed by atoms with Gasteiger partial charge in [0, 0.05) is 18.2 Å². The van der Waals surface area contributed by atoms with Crippen LogP contribution < -0.4 is 10.1 Å². The van der Waals surface area contributed by atoms with Crippen molar-refractivity contribution in [3.05, 3.63) is 101 Å². The minimum Gasteiger partial charge on any atom is -0.489 e. The van der Waals surface area contributed by atoms with Crippen molar-refractivity contribution in [1.29, 1.82) is 0 Å². The normalized spacial score (nSPS) is 12.0. The molecule has 4 heteroatoms. The molecule has 1 atom stereocenters. The summed E-state index contributed by atoms with van der Waals surface area (Å²) < 4.78 is 32.4. The van der Waals surface area contributed by atoms with Crippen LogP contribution in [0.4, 0.5) is 8.78 Å². The second kappa shape index (κ2) is 8.59. The van der Waals surface area contributed by atoms with Gasteiger partial charge in [-0.15, -0.1) is 0 Å². The molecule has 1 N–H and O–H groups in total. The standard InChI is InChI=1S/C22H21F2NO/c1-16(18-11-12-20(23)21(24)13-18)25-14-19-9-5-6-10-22(19)26-15-17-7-3-2-4-8-17/h2-13,16,25H,14-15H2,1H3/t16-/m1/s1. The molecule has 0 radical (unpaired) electrons. The van der Waals surface area contributed by atoms with Crippen LogP contribution in [-0.4, -0.2) is 0 Å². The summed E-state index contributed by atoms with van der Waals surface area (Å²) in [7, 11) is 0. The van der Waals surface area contributed by atoms with Crippen molar-refractivity contribution in [2.45, 2.75) is 26.1 Å². The number of ether oxygens (including phenoxy) is 1. The number of rotatable bonds is 7. The van der Waals surface area contributed by atoms with Gasteiger partial charge in [0.25, 0.3) is 0 Å². The minimum atomic E-state index is -0.833. The van der Waals surface area contributed by atoms with Gasteiger partial charge in [0.15, 0.2) is 11.6 Å². The van der Waals surface area contributed by atoms with E-state index in [-0.39, 0.29) is 6.04 Å². The highest BCUT2D eigenvalue weighted by Gasteiger charge is 2.10. The summed E-state index contributed by atoms with van der Waals surface area (Å²) in [4.78, 5) is 0. The van der Waals surface area contributed by atoms with Crippen molar-refractivity contribution < 1.29 is 13.5 Å². The maximum atomic E-state index is 13.4. The van der Waals surface area contributed by atoms with E-state index >= 15 is 0 Å². The van der Waals surface area contributed by atoms with Gasteiger partial charge in [-0.3, -0.25) is 0 Å². The Morgan fingerprint density at radius 1 is 0.885 bits per heavy atom. The highest BCUT2D eigenvalue weighted by Crippen LogP contribution is 2.21. The highest BCUT2D eigenvalue weighted by atomic mass is 19.2. The molecule has 0 amide bonds. The maximum Gasteiger partial charge on any atom is 0.159 e. The molecule has 0 aliphatic heterocycles. The largest absolute Gasteiger partial charge is 0.489 e. The summed E-state index contributed by atoms with van der Waals surface area (Å²) in [5.41, 5.74) is 2.81. The molecular formula is C22H21F2NO. The van der Waals surface area contributed by atoms with E-state index in [2.05, 4.69) is 5.32 Å². The van der Waals surface area contributed by atoms with Gasteiger partial charge in [-0.05, 0) is 36.2 Å². The van der Waals surface area contributed by atoms with Crippen LogP contribution >= 0.6 is 0 Å². The van der Waals surface area contributed by atoms with Gasteiger partial charge >= 0.3 is 0 Å². The lowest BCUT2D eigenvalue weighted by Crippen LogP contribution is -2.19. The van der Waals surface area contributed by atoms with Crippen molar-refractivity contribution in [2.24, 2.45) is 0 Å². The summed E-state index contributed by atoms with van der Waals surface area (Å²) in [5.74, 6) is -0.857. The fourth-order valence-corrected chi connectivity index (χ4v) is 2.69. The molecule has 2 nitrogen and oxygen atoms in total. The van der Waals surface area contributed by atoms with Crippen molar-refractivity contribution >= 4 is 0 Å². The first-order valence-corrected chi connectivity index (χ1v) is 8.56. The number of hydrogen-bond donors (Lipinski definition) is 1. The smallest absolute Gasteiger partial charge is 0.159 e. The number of halogens is 2. The third-order valence-corrected chi connectivity index (χ3v) is 4.25. The molecule has 0 heterocycles. The molecule has 26 heavy (non-hydrogen) atoms. The van der Waals surface area contributed by atoms with E-state index in [1.165, 1.54) is 6.07 Å². The molecule has 0 unspecified atom stereocenters. The SMILES string of the molecule is C[C@@H](NCc1ccccc1OCc1ccccc1)c1ccc(F)c(F)c1. The minimum absolute atomic E-state index is 0.118. The molecule has 3 aromatic rings. The molecule has 0 saturated heterocycles. The molecule has 0 saturated carbocycles. The predicted molar refractivity (Wildman–Crippen MR) is 98.8 cm³/mol. The average molecular weight is 353 g/mol. The zero-order chi connectivity index (χ0) is 18.4. The second-order valence-corrected chi connectivity index (χ2v) is 6.16. The molecule has 3 aromatic carbocycles. The molecule has 0 aliphatic rings. The lowest BCUT2D eigenvalue weighted by Gasteiger charge is -2.17. The van der Waals surface area contributed by atoms with Crippen LogP contribution in [-0.2, 0) is 13.2 Å². The molecule has 0 bridgehead atoms. The summed E-state index contributed by atoms with van der Waals surface area (Å²) >= 11 is 0. The predicted octanol–water partition coefficient (Wildman–Crippen LogP) is 5.39. The summed E-state index contributed by atoms with van der Waals surface area (Å²) in [6.45, 7) is 2.97. The Labute approximate surface area is 152 Å². The zero-order valence-electron chi connectivity index (χ0n) is 14.6. The van der Waals surface area contributed by atoms with Crippen LogP contribution in [0.1, 0.15) is 29.7 Å². The lowest BCUT2D eigenvalue weighted by molar-refractivity contribution is 0.301. The van der Waals surface area contributed by atoms with Gasteiger partial charge in [0.05, 0.1) is 0 Å². The van der Waals surface area contributed by atoms with Gasteiger partial charge < -0.3 is 10.1 Å². The van der Waals surface area contributed by atoms with Crippen LogP contribution in [0.5, 0.6) is 5.75 Å². The molecular weight excluding hydrogens is 332 g/mol. The van der Waals surface area contributed by atoms with Crippen LogP contribution in [0, 0.1) is 11.6 Å². The number of benzene rings is 3. The fourth-order valence-electron chi connectivity index (χ4n) is 2.69. The zero-order valence-corrected chi connectivity index (χ0v) is 14.6. The first-order chi connectivity index (χ1) is 12.6. The monoisotopic (exact) mass is 353 g/mol. The van der Waals surface area contributed by atoms with E-state index in [9.17, 15) is 8.78 Å². The Bertz CT molecular complexity index is 852. The van der Waals surface area contributed by atoms with Crippen molar-refractivity contribution in [3.8, 4) is 5.75 Å². The van der Waals surface area contributed by atoms with Crippen molar-refractivity contribution in [3.63, 3.8) is 0 Å². The van der Waals surface area contributed by atoms with Gasteiger partial charge in [-0.2, -0.15) is 0 Å². The fraction of sp³-hybridized carbons (Fsp3) is 0.182. The van der Waals surface area contributed by atoms with Gasteiger partial charge in [-0.1, -0.05) is 54.6 Å². The van der Waals surface area contributed by atoms with E-state index in [1.807, 2.05) is 61.5 Å². The summed E-state index contributed by atoms with van der Waals surface area (Å²) in [6, 6.07) is 21.6. The highest BCUT2D eigenvalue weighted by molar-refractivity contribution is 5.34. The first-order valence-electron chi connectivity index (χ1n) is 8.56. The van der Waals surface area contributed by atoms with Gasteiger partial charge in [-0.25, -0.2) is 8.78 Å². The summed E-state index contributed by atoms with van der Waals surface area (Å²) in [5, 5.41) is 3.33. The Kier molecular flexibility index (Phi) is 5.97. The van der Waals surface area contributed by atoms with E-state index in [0.29, 0.717) is 18.7 Å². The lowest BCUT2D eigenvalue weighted by atomic mass is 10.1. The third-order valence-electron chi connectivity index (χ3n) is 4.25. The van der Waals surface area contributed by atoms with Crippen LogP contribution in [0.15, 0.2) is 72.8 Å². The average Bonchev–Trinajstić information content (AvgIpc) is 2.68. The molecule has 0 spiro atoms. The second-order valence-electron chi connectivity index (χ2n) is 6.16. The van der Waals surface area contributed by atoms with E-state index in [1.54, 1.807) is 6.07 Å². The Morgan fingerprint density at radius 2 is 1.62 bits per heavy atom. The Balaban J connectivity index is 1.63. The molecule has 0 aromatic heterocycles. The molecule has 134 valence electrons. The quantitative estimate of drug-likeness (QED) is 0.614. The number of para-hydroxylation sites is 1. The topological polar surface area (TPSA) is 21.3 Å². The molecule has 0 fully saturated rings.